The van der Waals surface area contributed by atoms with Gasteiger partial charge >= 0.3 is 0 Å². The summed E-state index contributed by atoms with van der Waals surface area (Å²) in [6, 6.07) is 2.17. The van der Waals surface area contributed by atoms with E-state index in [0.29, 0.717) is 6.42 Å². The summed E-state index contributed by atoms with van der Waals surface area (Å²) in [5.74, 6) is -0.111. The molecular weight excluding hydrogens is 178 g/mol. The Morgan fingerprint density at radius 2 is 2.14 bits per heavy atom. The first-order valence-corrected chi connectivity index (χ1v) is 5.07. The number of carbonyl (C=O) groups is 1. The van der Waals surface area contributed by atoms with Gasteiger partial charge in [-0.25, -0.2) is 0 Å². The van der Waals surface area contributed by atoms with E-state index in [9.17, 15) is 4.79 Å². The maximum atomic E-state index is 10.9. The van der Waals surface area contributed by atoms with E-state index >= 15 is 0 Å². The molecule has 0 aromatic carbocycles. The molecule has 1 saturated heterocycles. The molecule has 1 rings (SSSR count). The fourth-order valence-electron chi connectivity index (χ4n) is 2.02. The van der Waals surface area contributed by atoms with Crippen LogP contribution in [0.1, 0.15) is 19.3 Å². The third kappa shape index (κ3) is 2.71. The van der Waals surface area contributed by atoms with Crippen LogP contribution in [0.15, 0.2) is 0 Å². The lowest BCUT2D eigenvalue weighted by molar-refractivity contribution is -0.914. The van der Waals surface area contributed by atoms with Gasteiger partial charge in [-0.15, -0.1) is 0 Å². The molecule has 1 aliphatic heterocycles. The van der Waals surface area contributed by atoms with Crippen LogP contribution in [-0.2, 0) is 4.79 Å². The lowest BCUT2D eigenvalue weighted by atomic mass is 9.94. The van der Waals surface area contributed by atoms with Crippen LogP contribution in [0.5, 0.6) is 0 Å². The van der Waals surface area contributed by atoms with Crippen molar-refractivity contribution in [1.29, 1.82) is 5.26 Å². The zero-order valence-corrected chi connectivity index (χ0v) is 8.70. The first-order chi connectivity index (χ1) is 6.57. The van der Waals surface area contributed by atoms with Crippen LogP contribution >= 0.6 is 0 Å². The van der Waals surface area contributed by atoms with Gasteiger partial charge in [0.05, 0.1) is 39.2 Å². The first kappa shape index (κ1) is 11.0. The van der Waals surface area contributed by atoms with Crippen molar-refractivity contribution < 1.29 is 9.28 Å². The molecule has 0 saturated carbocycles. The second-order valence-electron chi connectivity index (χ2n) is 4.38. The summed E-state index contributed by atoms with van der Waals surface area (Å²) in [6.07, 6.45) is 2.34. The van der Waals surface area contributed by atoms with E-state index in [-0.39, 0.29) is 11.8 Å². The number of hydrogen-bond donors (Lipinski definition) is 1. The Hall–Kier alpha value is -1.08. The van der Waals surface area contributed by atoms with Crippen LogP contribution in [0, 0.1) is 17.2 Å². The van der Waals surface area contributed by atoms with E-state index < -0.39 is 0 Å². The van der Waals surface area contributed by atoms with Gasteiger partial charge in [0, 0.05) is 18.8 Å². The molecule has 0 spiro atoms. The number of nitrogens with two attached hydrogens (primary N) is 1. The molecule has 4 heteroatoms. The smallest absolute Gasteiger partial charge is 0.220 e. The van der Waals surface area contributed by atoms with Crippen LogP contribution in [-0.4, -0.2) is 37.1 Å². The molecule has 0 unspecified atom stereocenters. The highest BCUT2D eigenvalue weighted by atomic mass is 16.1. The fourth-order valence-corrected chi connectivity index (χ4v) is 2.02. The average Bonchev–Trinajstić information content (AvgIpc) is 2.16. The molecule has 1 fully saturated rings. The van der Waals surface area contributed by atoms with Gasteiger partial charge in [-0.3, -0.25) is 4.79 Å². The Kier molecular flexibility index (Phi) is 3.48. The molecule has 0 aliphatic carbocycles. The summed E-state index contributed by atoms with van der Waals surface area (Å²) < 4.78 is 0.914. The highest BCUT2D eigenvalue weighted by Crippen LogP contribution is 2.21. The van der Waals surface area contributed by atoms with E-state index in [4.69, 9.17) is 11.0 Å². The fraction of sp³-hybridized carbons (Fsp3) is 0.800. The molecule has 4 nitrogen and oxygen atoms in total. The van der Waals surface area contributed by atoms with Gasteiger partial charge in [-0.05, 0) is 0 Å². The lowest BCUT2D eigenvalue weighted by Gasteiger charge is -2.39. The minimum atomic E-state index is -0.170. The number of likely N-dealkylation sites (tertiary alicyclic amines) is 1. The number of hydrogen-bond acceptors (Lipinski definition) is 2. The van der Waals surface area contributed by atoms with Gasteiger partial charge in [-0.2, -0.15) is 5.26 Å². The standard InChI is InChI=1S/C10H17N3O/c1-13(6-2-5-11)7-3-9(4-8-13)10(12)14/h9H,2-4,6-8H2,1H3,(H-,12,14)/p+1. The largest absolute Gasteiger partial charge is 0.369 e. The number of primary amides is 1. The Morgan fingerprint density at radius 1 is 1.57 bits per heavy atom. The Balaban J connectivity index is 2.41. The van der Waals surface area contributed by atoms with Gasteiger partial charge in [0.15, 0.2) is 0 Å². The maximum absolute atomic E-state index is 10.9. The Morgan fingerprint density at radius 3 is 2.57 bits per heavy atom. The number of carbonyl (C=O) groups excluding carboxylic acids is 1. The summed E-state index contributed by atoms with van der Waals surface area (Å²) in [6.45, 7) is 2.83. The third-order valence-electron chi connectivity index (χ3n) is 3.20. The van der Waals surface area contributed by atoms with Gasteiger partial charge in [0.1, 0.15) is 0 Å². The lowest BCUT2D eigenvalue weighted by Crippen LogP contribution is -2.51. The van der Waals surface area contributed by atoms with Crippen molar-refractivity contribution >= 4 is 5.91 Å². The van der Waals surface area contributed by atoms with Crippen molar-refractivity contribution in [2.75, 3.05) is 26.7 Å². The molecule has 0 atom stereocenters. The van der Waals surface area contributed by atoms with Crippen molar-refractivity contribution in [2.45, 2.75) is 19.3 Å². The minimum absolute atomic E-state index is 0.0586. The topological polar surface area (TPSA) is 66.9 Å². The molecule has 78 valence electrons. The summed E-state index contributed by atoms with van der Waals surface area (Å²) in [7, 11) is 2.15. The first-order valence-electron chi connectivity index (χ1n) is 5.07. The highest BCUT2D eigenvalue weighted by Gasteiger charge is 2.31. The van der Waals surface area contributed by atoms with Gasteiger partial charge in [0.25, 0.3) is 0 Å². The molecule has 0 aromatic rings. The summed E-state index contributed by atoms with van der Waals surface area (Å²) in [4.78, 5) is 10.9. The summed E-state index contributed by atoms with van der Waals surface area (Å²) in [5.41, 5.74) is 5.26. The summed E-state index contributed by atoms with van der Waals surface area (Å²) >= 11 is 0. The third-order valence-corrected chi connectivity index (χ3v) is 3.20. The predicted molar refractivity (Wildman–Crippen MR) is 52.9 cm³/mol. The van der Waals surface area contributed by atoms with Crippen molar-refractivity contribution in [3.63, 3.8) is 0 Å². The van der Waals surface area contributed by atoms with Gasteiger partial charge < -0.3 is 10.2 Å². The van der Waals surface area contributed by atoms with Crippen LogP contribution in [0.3, 0.4) is 0 Å². The zero-order valence-electron chi connectivity index (χ0n) is 8.70. The molecule has 2 N–H and O–H groups in total. The van der Waals surface area contributed by atoms with Gasteiger partial charge in [-0.1, -0.05) is 0 Å². The molecule has 0 radical (unpaired) electrons. The van der Waals surface area contributed by atoms with Crippen LogP contribution in [0.2, 0.25) is 0 Å². The number of amides is 1. The van der Waals surface area contributed by atoms with Crippen molar-refractivity contribution in [1.82, 2.24) is 0 Å². The second kappa shape index (κ2) is 4.43. The number of quaternary nitrogens is 1. The highest BCUT2D eigenvalue weighted by molar-refractivity contribution is 5.76. The number of nitriles is 1. The van der Waals surface area contributed by atoms with Crippen molar-refractivity contribution in [3.8, 4) is 6.07 Å². The van der Waals surface area contributed by atoms with E-state index in [2.05, 4.69) is 13.1 Å². The number of rotatable bonds is 3. The van der Waals surface area contributed by atoms with Crippen LogP contribution < -0.4 is 5.73 Å². The van der Waals surface area contributed by atoms with Crippen LogP contribution in [0.4, 0.5) is 0 Å². The second-order valence-corrected chi connectivity index (χ2v) is 4.38. The maximum Gasteiger partial charge on any atom is 0.220 e. The van der Waals surface area contributed by atoms with E-state index in [1.165, 1.54) is 0 Å². The molecule has 0 bridgehead atoms. The minimum Gasteiger partial charge on any atom is -0.369 e. The Bertz CT molecular complexity index is 249. The van der Waals surface area contributed by atoms with Crippen molar-refractivity contribution in [3.05, 3.63) is 0 Å². The van der Waals surface area contributed by atoms with E-state index in [1.54, 1.807) is 0 Å². The van der Waals surface area contributed by atoms with Gasteiger partial charge in [0.2, 0.25) is 5.91 Å². The van der Waals surface area contributed by atoms with E-state index in [0.717, 1.165) is 37.0 Å². The molecule has 1 heterocycles. The van der Waals surface area contributed by atoms with Crippen LogP contribution in [0.25, 0.3) is 0 Å². The van der Waals surface area contributed by atoms with Crippen molar-refractivity contribution in [2.24, 2.45) is 11.7 Å². The predicted octanol–water partition coefficient (Wildman–Crippen LogP) is 0.242. The molecular formula is C10H18N3O+. The zero-order chi connectivity index (χ0) is 10.6. The number of piperidine rings is 1. The van der Waals surface area contributed by atoms with E-state index in [1.807, 2.05) is 0 Å². The molecule has 14 heavy (non-hydrogen) atoms. The quantitative estimate of drug-likeness (QED) is 0.657. The average molecular weight is 196 g/mol. The summed E-state index contributed by atoms with van der Waals surface area (Å²) in [5, 5.41) is 8.52. The Labute approximate surface area is 84.9 Å². The molecule has 0 aromatic heterocycles. The number of nitrogens with zero attached hydrogens (tertiary/aromatic N) is 2. The monoisotopic (exact) mass is 196 g/mol. The SMILES string of the molecule is C[N+]1(CCC#N)CCC(C(N)=O)CC1. The normalized spacial score (nSPS) is 32.1. The molecule has 1 amide bonds. The molecule has 1 aliphatic rings.